The number of pyridine rings is 1. The highest BCUT2D eigenvalue weighted by Crippen LogP contribution is 1.96. The van der Waals surface area contributed by atoms with Crippen LogP contribution < -0.4 is 16.4 Å². The van der Waals surface area contributed by atoms with E-state index in [2.05, 4.69) is 15.6 Å². The molecule has 0 saturated carbocycles. The van der Waals surface area contributed by atoms with Crippen molar-refractivity contribution in [3.8, 4) is 0 Å². The number of nitrogens with one attached hydrogen (secondary N) is 2. The molecule has 0 unspecified atom stereocenters. The molecule has 6 nitrogen and oxygen atoms in total. The van der Waals surface area contributed by atoms with Crippen molar-refractivity contribution in [1.82, 2.24) is 15.6 Å². The van der Waals surface area contributed by atoms with Crippen LogP contribution in [0.4, 0.5) is 9.18 Å². The van der Waals surface area contributed by atoms with Gasteiger partial charge in [-0.2, -0.15) is 4.39 Å². The number of rotatable bonds is 4. The van der Waals surface area contributed by atoms with Crippen LogP contribution >= 0.6 is 0 Å². The monoisotopic (exact) mass is 226 g/mol. The predicted molar refractivity (Wildman–Crippen MR) is 54.1 cm³/mol. The Balaban J connectivity index is 2.38. The van der Waals surface area contributed by atoms with Crippen LogP contribution in [0.1, 0.15) is 10.5 Å². The lowest BCUT2D eigenvalue weighted by Crippen LogP contribution is -2.37. The largest absolute Gasteiger partial charge is 0.352 e. The number of hydrogen-bond donors (Lipinski definition) is 3. The molecule has 1 aromatic rings. The minimum atomic E-state index is -0.720. The van der Waals surface area contributed by atoms with Crippen molar-refractivity contribution >= 4 is 11.9 Å². The Kier molecular flexibility index (Phi) is 4.19. The lowest BCUT2D eigenvalue weighted by atomic mass is 10.3. The van der Waals surface area contributed by atoms with Crippen molar-refractivity contribution < 1.29 is 14.0 Å². The maximum Gasteiger partial charge on any atom is 0.312 e. The molecule has 16 heavy (non-hydrogen) atoms. The third kappa shape index (κ3) is 3.91. The topological polar surface area (TPSA) is 97.1 Å². The van der Waals surface area contributed by atoms with Gasteiger partial charge >= 0.3 is 6.03 Å². The summed E-state index contributed by atoms with van der Waals surface area (Å²) in [5.41, 5.74) is 4.80. The van der Waals surface area contributed by atoms with E-state index >= 15 is 0 Å². The Morgan fingerprint density at radius 2 is 2.00 bits per heavy atom. The van der Waals surface area contributed by atoms with Gasteiger partial charge in [-0.05, 0) is 12.1 Å². The normalized spacial score (nSPS) is 9.56. The van der Waals surface area contributed by atoms with Gasteiger partial charge in [0, 0.05) is 13.1 Å². The lowest BCUT2D eigenvalue weighted by Gasteiger charge is -2.04. The number of nitrogens with zero attached hydrogens (tertiary/aromatic N) is 1. The van der Waals surface area contributed by atoms with Gasteiger partial charge in [0.2, 0.25) is 5.95 Å². The Morgan fingerprint density at radius 1 is 1.31 bits per heavy atom. The number of nitrogens with two attached hydrogens (primary N) is 1. The summed E-state index contributed by atoms with van der Waals surface area (Å²) in [4.78, 5) is 25.0. The molecule has 86 valence electrons. The van der Waals surface area contributed by atoms with E-state index in [1.165, 1.54) is 12.1 Å². The quantitative estimate of drug-likeness (QED) is 0.482. The van der Waals surface area contributed by atoms with E-state index in [4.69, 9.17) is 5.73 Å². The van der Waals surface area contributed by atoms with Crippen LogP contribution in [0.15, 0.2) is 18.2 Å². The highest BCUT2D eigenvalue weighted by Gasteiger charge is 2.06. The molecular formula is C9H11FN4O2. The fourth-order valence-electron chi connectivity index (χ4n) is 0.987. The van der Waals surface area contributed by atoms with E-state index < -0.39 is 17.9 Å². The number of carbonyl (C=O) groups is 2. The summed E-state index contributed by atoms with van der Waals surface area (Å²) in [6.07, 6.45) is 0. The number of carbonyl (C=O) groups excluding carboxylic acids is 2. The Hall–Kier alpha value is -2.18. The number of halogens is 1. The predicted octanol–water partition coefficient (Wildman–Crippen LogP) is -0.381. The summed E-state index contributed by atoms with van der Waals surface area (Å²) in [5, 5.41) is 4.74. The molecule has 0 spiro atoms. The van der Waals surface area contributed by atoms with Crippen LogP contribution in [0.5, 0.6) is 0 Å². The first-order valence-electron chi connectivity index (χ1n) is 4.53. The van der Waals surface area contributed by atoms with E-state index in [1.54, 1.807) is 0 Å². The summed E-state index contributed by atoms with van der Waals surface area (Å²) < 4.78 is 12.7. The molecule has 0 bridgehead atoms. The first-order chi connectivity index (χ1) is 7.59. The van der Waals surface area contributed by atoms with Gasteiger partial charge in [0.05, 0.1) is 0 Å². The SMILES string of the molecule is NC(=O)NCCNC(=O)c1cccc(F)n1. The van der Waals surface area contributed by atoms with Gasteiger partial charge in [-0.1, -0.05) is 6.07 Å². The van der Waals surface area contributed by atoms with E-state index in [1.807, 2.05) is 0 Å². The summed E-state index contributed by atoms with van der Waals surface area (Å²) in [5.74, 6) is -1.23. The van der Waals surface area contributed by atoms with E-state index in [0.717, 1.165) is 6.07 Å². The van der Waals surface area contributed by atoms with Crippen molar-refractivity contribution in [2.24, 2.45) is 5.73 Å². The molecule has 0 aromatic carbocycles. The second-order valence-corrected chi connectivity index (χ2v) is 2.89. The second-order valence-electron chi connectivity index (χ2n) is 2.89. The molecule has 0 saturated heterocycles. The fraction of sp³-hybridized carbons (Fsp3) is 0.222. The Morgan fingerprint density at radius 3 is 2.62 bits per heavy atom. The minimum Gasteiger partial charge on any atom is -0.352 e. The van der Waals surface area contributed by atoms with Gasteiger partial charge in [-0.3, -0.25) is 4.79 Å². The molecule has 0 aliphatic rings. The molecular weight excluding hydrogens is 215 g/mol. The zero-order chi connectivity index (χ0) is 12.0. The number of hydrogen-bond acceptors (Lipinski definition) is 3. The average molecular weight is 226 g/mol. The van der Waals surface area contributed by atoms with Crippen molar-refractivity contribution in [1.29, 1.82) is 0 Å². The Bertz CT molecular complexity index is 397. The molecule has 1 rings (SSSR count). The molecule has 0 fully saturated rings. The molecule has 3 amide bonds. The molecule has 1 heterocycles. The fourth-order valence-corrected chi connectivity index (χ4v) is 0.987. The van der Waals surface area contributed by atoms with Crippen LogP contribution in [0.25, 0.3) is 0 Å². The zero-order valence-electron chi connectivity index (χ0n) is 8.37. The number of urea groups is 1. The Labute approximate surface area is 91.0 Å². The molecule has 1 aromatic heterocycles. The molecule has 4 N–H and O–H groups in total. The van der Waals surface area contributed by atoms with Gasteiger partial charge in [-0.25, -0.2) is 9.78 Å². The van der Waals surface area contributed by atoms with Gasteiger partial charge in [-0.15, -0.1) is 0 Å². The third-order valence-corrected chi connectivity index (χ3v) is 1.66. The summed E-state index contributed by atoms with van der Waals surface area (Å²) in [6.45, 7) is 0.399. The molecule has 0 aliphatic heterocycles. The van der Waals surface area contributed by atoms with Gasteiger partial charge in [0.1, 0.15) is 5.69 Å². The van der Waals surface area contributed by atoms with Crippen LogP contribution in [0.3, 0.4) is 0 Å². The zero-order valence-corrected chi connectivity index (χ0v) is 8.37. The number of amides is 3. The maximum absolute atomic E-state index is 12.7. The number of aromatic nitrogens is 1. The van der Waals surface area contributed by atoms with E-state index in [9.17, 15) is 14.0 Å². The van der Waals surface area contributed by atoms with Crippen molar-refractivity contribution in [2.75, 3.05) is 13.1 Å². The van der Waals surface area contributed by atoms with E-state index in [-0.39, 0.29) is 18.8 Å². The second kappa shape index (κ2) is 5.64. The van der Waals surface area contributed by atoms with Crippen LogP contribution in [-0.4, -0.2) is 30.0 Å². The summed E-state index contributed by atoms with van der Waals surface area (Å²) in [6, 6.07) is 3.25. The van der Waals surface area contributed by atoms with E-state index in [0.29, 0.717) is 0 Å². The summed E-state index contributed by atoms with van der Waals surface area (Å²) >= 11 is 0. The molecule has 7 heteroatoms. The third-order valence-electron chi connectivity index (χ3n) is 1.66. The van der Waals surface area contributed by atoms with Gasteiger partial charge in [0.15, 0.2) is 0 Å². The highest BCUT2D eigenvalue weighted by molar-refractivity contribution is 5.92. The van der Waals surface area contributed by atoms with Gasteiger partial charge in [0.25, 0.3) is 5.91 Å². The van der Waals surface area contributed by atoms with Gasteiger partial charge < -0.3 is 16.4 Å². The minimum absolute atomic E-state index is 0.0147. The van der Waals surface area contributed by atoms with Crippen LogP contribution in [0, 0.1) is 5.95 Å². The molecule has 0 atom stereocenters. The first-order valence-corrected chi connectivity index (χ1v) is 4.53. The van der Waals surface area contributed by atoms with Crippen LogP contribution in [0.2, 0.25) is 0 Å². The van der Waals surface area contributed by atoms with Crippen molar-refractivity contribution in [3.63, 3.8) is 0 Å². The highest BCUT2D eigenvalue weighted by atomic mass is 19.1. The lowest BCUT2D eigenvalue weighted by molar-refractivity contribution is 0.0947. The maximum atomic E-state index is 12.7. The van der Waals surface area contributed by atoms with Crippen LogP contribution in [-0.2, 0) is 0 Å². The standard InChI is InChI=1S/C9H11FN4O2/c10-7-3-1-2-6(14-7)8(15)12-4-5-13-9(11)16/h1-3H,4-5H2,(H,12,15)(H3,11,13,16). The average Bonchev–Trinajstić information content (AvgIpc) is 2.24. The molecule has 0 radical (unpaired) electrons. The molecule has 0 aliphatic carbocycles. The first kappa shape index (κ1) is 11.9. The van der Waals surface area contributed by atoms with Crippen molar-refractivity contribution in [2.45, 2.75) is 0 Å². The summed E-state index contributed by atoms with van der Waals surface area (Å²) in [7, 11) is 0. The smallest absolute Gasteiger partial charge is 0.312 e. The number of primary amides is 1. The van der Waals surface area contributed by atoms with Crippen molar-refractivity contribution in [3.05, 3.63) is 29.8 Å².